The minimum atomic E-state index is -0.0860. The quantitative estimate of drug-likeness (QED) is 0.731. The van der Waals surface area contributed by atoms with Gasteiger partial charge in [0.05, 0.1) is 17.9 Å². The first kappa shape index (κ1) is 17.2. The van der Waals surface area contributed by atoms with Gasteiger partial charge in [-0.2, -0.15) is 0 Å². The largest absolute Gasteiger partial charge is 0.383 e. The SMILES string of the molecule is C=N/C=C\N=C1C=CC(CNC2=CNCC(F)=C2N2CCCC2)=CC1. The molecule has 3 aliphatic rings. The molecule has 0 aromatic carbocycles. The number of rotatable bonds is 6. The van der Waals surface area contributed by atoms with Gasteiger partial charge in [0.2, 0.25) is 0 Å². The van der Waals surface area contributed by atoms with E-state index in [0.717, 1.165) is 55.0 Å². The van der Waals surface area contributed by atoms with Crippen molar-refractivity contribution in [3.8, 4) is 0 Å². The lowest BCUT2D eigenvalue weighted by Crippen LogP contribution is -2.33. The molecule has 0 radical (unpaired) electrons. The zero-order valence-electron chi connectivity index (χ0n) is 14.3. The molecule has 1 saturated heterocycles. The molecular formula is C19H24FN5. The van der Waals surface area contributed by atoms with E-state index in [1.807, 2.05) is 18.4 Å². The highest BCUT2D eigenvalue weighted by molar-refractivity contribution is 5.98. The molecule has 2 aliphatic heterocycles. The van der Waals surface area contributed by atoms with Gasteiger partial charge in [-0.15, -0.1) is 0 Å². The van der Waals surface area contributed by atoms with Crippen LogP contribution in [-0.4, -0.2) is 43.5 Å². The van der Waals surface area contributed by atoms with Crippen molar-refractivity contribution in [3.05, 3.63) is 59.6 Å². The van der Waals surface area contributed by atoms with Gasteiger partial charge in [0.25, 0.3) is 0 Å². The van der Waals surface area contributed by atoms with E-state index in [1.54, 1.807) is 12.4 Å². The predicted octanol–water partition coefficient (Wildman–Crippen LogP) is 2.80. The standard InChI is InChI=1S/C19H24FN5/c1-21-8-9-23-16-6-4-15(5-7-16)12-24-18-14-22-13-17(20)19(18)25-10-2-3-11-25/h4-6,8-9,14,22,24H,1-3,7,10-13H2/b9-8-,23-16?. The molecule has 0 aromatic rings. The highest BCUT2D eigenvalue weighted by atomic mass is 19.1. The van der Waals surface area contributed by atoms with Gasteiger partial charge in [-0.3, -0.25) is 9.98 Å². The third-order valence-corrected chi connectivity index (χ3v) is 4.40. The molecule has 2 N–H and O–H groups in total. The van der Waals surface area contributed by atoms with E-state index >= 15 is 0 Å². The summed E-state index contributed by atoms with van der Waals surface area (Å²) in [5.74, 6) is -0.0860. The van der Waals surface area contributed by atoms with Crippen molar-refractivity contribution in [1.29, 1.82) is 0 Å². The number of hydrogen-bond acceptors (Lipinski definition) is 5. The van der Waals surface area contributed by atoms with Crippen molar-refractivity contribution in [2.45, 2.75) is 19.3 Å². The maximum atomic E-state index is 14.3. The Morgan fingerprint density at radius 1 is 1.28 bits per heavy atom. The zero-order chi connectivity index (χ0) is 17.5. The summed E-state index contributed by atoms with van der Waals surface area (Å²) in [5, 5.41) is 6.38. The Labute approximate surface area is 148 Å². The molecule has 1 fully saturated rings. The Balaban J connectivity index is 1.59. The molecule has 25 heavy (non-hydrogen) atoms. The molecule has 6 heteroatoms. The molecule has 5 nitrogen and oxygen atoms in total. The topological polar surface area (TPSA) is 52.0 Å². The second kappa shape index (κ2) is 8.46. The lowest BCUT2D eigenvalue weighted by molar-refractivity contribution is 0.394. The lowest BCUT2D eigenvalue weighted by Gasteiger charge is -2.28. The number of nitrogens with one attached hydrogen (secondary N) is 2. The number of aliphatic imine (C=N–C) groups is 2. The van der Waals surface area contributed by atoms with Crippen LogP contribution in [0.15, 0.2) is 69.6 Å². The van der Waals surface area contributed by atoms with E-state index in [9.17, 15) is 4.39 Å². The van der Waals surface area contributed by atoms with Crippen LogP contribution < -0.4 is 10.6 Å². The molecule has 1 aliphatic carbocycles. The van der Waals surface area contributed by atoms with E-state index < -0.39 is 0 Å². The zero-order valence-corrected chi connectivity index (χ0v) is 14.3. The van der Waals surface area contributed by atoms with Crippen LogP contribution in [0.2, 0.25) is 0 Å². The molecule has 132 valence electrons. The highest BCUT2D eigenvalue weighted by Crippen LogP contribution is 2.25. The van der Waals surface area contributed by atoms with Crippen LogP contribution in [0.3, 0.4) is 0 Å². The van der Waals surface area contributed by atoms with Crippen LogP contribution >= 0.6 is 0 Å². The number of allylic oxidation sites excluding steroid dienone is 2. The second-order valence-electron chi connectivity index (χ2n) is 6.16. The molecule has 0 amide bonds. The average Bonchev–Trinajstić information content (AvgIpc) is 3.15. The molecular weight excluding hydrogens is 317 g/mol. The van der Waals surface area contributed by atoms with Gasteiger partial charge in [0, 0.05) is 50.4 Å². The minimum absolute atomic E-state index is 0.0860. The molecule has 3 rings (SSSR count). The summed E-state index contributed by atoms with van der Waals surface area (Å²) in [7, 11) is 0. The first-order chi connectivity index (χ1) is 12.3. The number of dihydropyridines is 1. The molecule has 0 spiro atoms. The van der Waals surface area contributed by atoms with Crippen LogP contribution in [0.4, 0.5) is 4.39 Å². The van der Waals surface area contributed by atoms with Crippen LogP contribution in [-0.2, 0) is 0 Å². The Morgan fingerprint density at radius 3 is 2.84 bits per heavy atom. The van der Waals surface area contributed by atoms with Gasteiger partial charge in [-0.05, 0) is 31.2 Å². The van der Waals surface area contributed by atoms with Crippen LogP contribution in [0.1, 0.15) is 19.3 Å². The summed E-state index contributed by atoms with van der Waals surface area (Å²) in [6.07, 6.45) is 14.3. The molecule has 0 aromatic heterocycles. The van der Waals surface area contributed by atoms with Crippen LogP contribution in [0.25, 0.3) is 0 Å². The fourth-order valence-corrected chi connectivity index (χ4v) is 3.13. The predicted molar refractivity (Wildman–Crippen MR) is 101 cm³/mol. The summed E-state index contributed by atoms with van der Waals surface area (Å²) in [5.41, 5.74) is 3.70. The normalized spacial score (nSPS) is 22.3. The van der Waals surface area contributed by atoms with Crippen LogP contribution in [0.5, 0.6) is 0 Å². The Bertz CT molecular complexity index is 691. The molecule has 2 heterocycles. The van der Waals surface area contributed by atoms with Crippen molar-refractivity contribution in [3.63, 3.8) is 0 Å². The smallest absolute Gasteiger partial charge is 0.144 e. The second-order valence-corrected chi connectivity index (χ2v) is 6.16. The highest BCUT2D eigenvalue weighted by Gasteiger charge is 2.24. The van der Waals surface area contributed by atoms with Crippen molar-refractivity contribution in [1.82, 2.24) is 15.5 Å². The number of hydrogen-bond donors (Lipinski definition) is 2. The molecule has 0 bridgehead atoms. The third kappa shape index (κ3) is 4.47. The molecule has 0 atom stereocenters. The fraction of sp³-hybridized carbons (Fsp3) is 0.368. The maximum Gasteiger partial charge on any atom is 0.144 e. The summed E-state index contributed by atoms with van der Waals surface area (Å²) < 4.78 is 14.3. The molecule has 0 saturated carbocycles. The minimum Gasteiger partial charge on any atom is -0.383 e. The van der Waals surface area contributed by atoms with Crippen molar-refractivity contribution in [2.24, 2.45) is 9.98 Å². The van der Waals surface area contributed by atoms with E-state index in [4.69, 9.17) is 0 Å². The van der Waals surface area contributed by atoms with Gasteiger partial charge in [-0.25, -0.2) is 4.39 Å². The van der Waals surface area contributed by atoms with Crippen molar-refractivity contribution in [2.75, 3.05) is 26.2 Å². The van der Waals surface area contributed by atoms with Gasteiger partial charge in [0.15, 0.2) is 0 Å². The van der Waals surface area contributed by atoms with Gasteiger partial charge < -0.3 is 15.5 Å². The van der Waals surface area contributed by atoms with E-state index in [-0.39, 0.29) is 12.4 Å². The van der Waals surface area contributed by atoms with E-state index in [0.29, 0.717) is 6.54 Å². The number of likely N-dealkylation sites (tertiary alicyclic amines) is 1. The van der Waals surface area contributed by atoms with E-state index in [1.165, 1.54) is 0 Å². The monoisotopic (exact) mass is 341 g/mol. The fourth-order valence-electron chi connectivity index (χ4n) is 3.13. The van der Waals surface area contributed by atoms with Gasteiger partial charge in [0.1, 0.15) is 5.83 Å². The third-order valence-electron chi connectivity index (χ3n) is 4.40. The first-order valence-electron chi connectivity index (χ1n) is 8.64. The lowest BCUT2D eigenvalue weighted by atomic mass is 10.1. The van der Waals surface area contributed by atoms with Crippen molar-refractivity contribution < 1.29 is 4.39 Å². The number of halogens is 1. The Morgan fingerprint density at radius 2 is 2.12 bits per heavy atom. The van der Waals surface area contributed by atoms with Crippen molar-refractivity contribution >= 4 is 12.4 Å². The Hall–Kier alpha value is -2.63. The average molecular weight is 341 g/mol. The summed E-state index contributed by atoms with van der Waals surface area (Å²) in [6, 6.07) is 0. The number of nitrogens with zero attached hydrogens (tertiary/aromatic N) is 3. The molecule has 0 unspecified atom stereocenters. The maximum absolute atomic E-state index is 14.3. The summed E-state index contributed by atoms with van der Waals surface area (Å²) in [4.78, 5) is 10.1. The van der Waals surface area contributed by atoms with Gasteiger partial charge >= 0.3 is 0 Å². The summed E-state index contributed by atoms with van der Waals surface area (Å²) >= 11 is 0. The van der Waals surface area contributed by atoms with E-state index in [2.05, 4.69) is 38.3 Å². The van der Waals surface area contributed by atoms with Gasteiger partial charge in [-0.1, -0.05) is 12.2 Å². The summed E-state index contributed by atoms with van der Waals surface area (Å²) in [6.45, 7) is 6.16. The Kier molecular flexibility index (Phi) is 5.82. The van der Waals surface area contributed by atoms with Crippen LogP contribution in [0, 0.1) is 0 Å². The first-order valence-corrected chi connectivity index (χ1v) is 8.64.